The summed E-state index contributed by atoms with van der Waals surface area (Å²) >= 11 is 0. The van der Waals surface area contributed by atoms with E-state index in [0.717, 1.165) is 19.3 Å². The molecule has 2 heterocycles. The lowest BCUT2D eigenvalue weighted by Crippen LogP contribution is -2.45. The molecule has 3 rings (SSSR count). The number of ether oxygens (including phenoxy) is 1. The number of halogens is 6. The second-order valence-electron chi connectivity index (χ2n) is 7.31. The standard InChI is InChI=1S/C16H18N2O3.C3H2F6/c17-10-12-1-3-13(4-2-12)14-9-16(21-11-14)5-7-18(8-6-16)15(19)20;4-2(5,6)1-3(7,8)9/h1-4,14H,5-9,11H2,(H,19,20);1H2. The Labute approximate surface area is 168 Å². The average Bonchev–Trinajstić information content (AvgIpc) is 3.03. The molecule has 0 bridgehead atoms. The van der Waals surface area contributed by atoms with E-state index in [1.807, 2.05) is 24.3 Å². The van der Waals surface area contributed by atoms with Gasteiger partial charge in [0.25, 0.3) is 0 Å². The second kappa shape index (κ2) is 9.12. The van der Waals surface area contributed by atoms with E-state index in [0.29, 0.717) is 31.2 Å². The molecule has 0 aromatic heterocycles. The molecule has 0 radical (unpaired) electrons. The first kappa shape index (κ1) is 23.8. The summed E-state index contributed by atoms with van der Waals surface area (Å²) in [6, 6.07) is 9.80. The largest absolute Gasteiger partial charge is 0.465 e. The Hall–Kier alpha value is -2.48. The summed E-state index contributed by atoms with van der Waals surface area (Å²) in [6.45, 7) is 1.78. The average molecular weight is 438 g/mol. The molecule has 1 aromatic rings. The third-order valence-corrected chi connectivity index (χ3v) is 5.07. The summed E-state index contributed by atoms with van der Waals surface area (Å²) in [5.74, 6) is 0.342. The zero-order valence-electron chi connectivity index (χ0n) is 15.8. The fourth-order valence-corrected chi connectivity index (χ4v) is 3.57. The first-order chi connectivity index (χ1) is 13.8. The molecule has 166 valence electrons. The molecular formula is C19H20F6N2O3. The number of piperidine rings is 1. The zero-order valence-corrected chi connectivity index (χ0v) is 15.8. The first-order valence-corrected chi connectivity index (χ1v) is 9.08. The Morgan fingerprint density at radius 1 is 1.13 bits per heavy atom. The van der Waals surface area contributed by atoms with Crippen LogP contribution in [0.15, 0.2) is 24.3 Å². The topological polar surface area (TPSA) is 73.6 Å². The molecule has 1 amide bonds. The van der Waals surface area contributed by atoms with Crippen LogP contribution in [0.1, 0.15) is 42.7 Å². The highest BCUT2D eigenvalue weighted by Gasteiger charge is 2.44. The Balaban J connectivity index is 0.000000303. The summed E-state index contributed by atoms with van der Waals surface area (Å²) in [4.78, 5) is 12.4. The van der Waals surface area contributed by atoms with E-state index in [1.165, 1.54) is 10.5 Å². The quantitative estimate of drug-likeness (QED) is 0.621. The monoisotopic (exact) mass is 438 g/mol. The van der Waals surface area contributed by atoms with Crippen LogP contribution in [-0.2, 0) is 4.74 Å². The van der Waals surface area contributed by atoms with E-state index in [-0.39, 0.29) is 5.60 Å². The molecule has 1 spiro atoms. The van der Waals surface area contributed by atoms with Crippen LogP contribution < -0.4 is 0 Å². The van der Waals surface area contributed by atoms with Crippen molar-refractivity contribution in [3.8, 4) is 6.07 Å². The number of nitriles is 1. The van der Waals surface area contributed by atoms with Gasteiger partial charge in [-0.1, -0.05) is 12.1 Å². The molecule has 1 atom stereocenters. The number of amides is 1. The molecule has 30 heavy (non-hydrogen) atoms. The maximum absolute atomic E-state index is 11.0. The van der Waals surface area contributed by atoms with Crippen LogP contribution >= 0.6 is 0 Å². The highest BCUT2D eigenvalue weighted by atomic mass is 19.4. The van der Waals surface area contributed by atoms with Crippen molar-refractivity contribution < 1.29 is 41.0 Å². The third kappa shape index (κ3) is 7.09. The number of carboxylic acid groups (broad SMARTS) is 1. The van der Waals surface area contributed by atoms with E-state index in [2.05, 4.69) is 6.07 Å². The Morgan fingerprint density at radius 3 is 2.07 bits per heavy atom. The molecule has 11 heteroatoms. The molecular weight excluding hydrogens is 418 g/mol. The molecule has 2 fully saturated rings. The number of nitrogens with zero attached hydrogens (tertiary/aromatic N) is 2. The zero-order chi connectivity index (χ0) is 22.6. The maximum Gasteiger partial charge on any atom is 0.407 e. The smallest absolute Gasteiger partial charge is 0.407 e. The minimum Gasteiger partial charge on any atom is -0.465 e. The molecule has 5 nitrogen and oxygen atoms in total. The predicted molar refractivity (Wildman–Crippen MR) is 92.8 cm³/mol. The lowest BCUT2D eigenvalue weighted by atomic mass is 9.83. The normalized spacial score (nSPS) is 21.0. The van der Waals surface area contributed by atoms with Crippen LogP contribution in [0.2, 0.25) is 0 Å². The number of rotatable bonds is 1. The van der Waals surface area contributed by atoms with Gasteiger partial charge in [0, 0.05) is 19.0 Å². The van der Waals surface area contributed by atoms with Gasteiger partial charge in [0.1, 0.15) is 6.42 Å². The van der Waals surface area contributed by atoms with Crippen LogP contribution in [0.3, 0.4) is 0 Å². The van der Waals surface area contributed by atoms with Crippen molar-refractivity contribution in [3.63, 3.8) is 0 Å². The van der Waals surface area contributed by atoms with E-state index in [1.54, 1.807) is 0 Å². The highest BCUT2D eigenvalue weighted by Crippen LogP contribution is 2.42. The first-order valence-electron chi connectivity index (χ1n) is 9.08. The van der Waals surface area contributed by atoms with Gasteiger partial charge in [0.15, 0.2) is 0 Å². The van der Waals surface area contributed by atoms with Gasteiger partial charge in [-0.2, -0.15) is 31.6 Å². The molecule has 0 aliphatic carbocycles. The summed E-state index contributed by atoms with van der Waals surface area (Å²) in [5, 5.41) is 17.8. The van der Waals surface area contributed by atoms with Gasteiger partial charge in [0.05, 0.1) is 23.8 Å². The van der Waals surface area contributed by atoms with E-state index in [4.69, 9.17) is 15.1 Å². The van der Waals surface area contributed by atoms with Crippen LogP contribution in [0.5, 0.6) is 0 Å². The van der Waals surface area contributed by atoms with Crippen molar-refractivity contribution >= 4 is 6.09 Å². The lowest BCUT2D eigenvalue weighted by molar-refractivity contribution is -0.232. The number of hydrogen-bond donors (Lipinski definition) is 1. The molecule has 0 saturated carbocycles. The highest BCUT2D eigenvalue weighted by molar-refractivity contribution is 5.65. The SMILES string of the molecule is FC(F)(F)CC(F)(F)F.N#Cc1ccc(C2COC3(CCN(C(=O)O)CC3)C2)cc1. The fourth-order valence-electron chi connectivity index (χ4n) is 3.57. The number of carbonyl (C=O) groups is 1. The van der Waals surface area contributed by atoms with Crippen molar-refractivity contribution in [2.45, 2.75) is 49.6 Å². The van der Waals surface area contributed by atoms with Crippen molar-refractivity contribution in [1.82, 2.24) is 4.90 Å². The van der Waals surface area contributed by atoms with Crippen molar-refractivity contribution in [2.75, 3.05) is 19.7 Å². The molecule has 2 aliphatic heterocycles. The van der Waals surface area contributed by atoms with Gasteiger partial charge in [-0.05, 0) is 37.0 Å². The van der Waals surface area contributed by atoms with Crippen molar-refractivity contribution in [3.05, 3.63) is 35.4 Å². The van der Waals surface area contributed by atoms with E-state index < -0.39 is 24.9 Å². The van der Waals surface area contributed by atoms with Gasteiger partial charge in [0.2, 0.25) is 0 Å². The summed E-state index contributed by atoms with van der Waals surface area (Å²) < 4.78 is 71.0. The van der Waals surface area contributed by atoms with Gasteiger partial charge >= 0.3 is 18.4 Å². The van der Waals surface area contributed by atoms with E-state index >= 15 is 0 Å². The van der Waals surface area contributed by atoms with Crippen molar-refractivity contribution in [2.24, 2.45) is 0 Å². The third-order valence-electron chi connectivity index (χ3n) is 5.07. The Kier molecular flexibility index (Phi) is 7.23. The minimum absolute atomic E-state index is 0.162. The molecule has 2 aliphatic rings. The minimum atomic E-state index is -5.14. The fraction of sp³-hybridized carbons (Fsp3) is 0.579. The summed E-state index contributed by atoms with van der Waals surface area (Å²) in [6.07, 6.45) is -11.4. The van der Waals surface area contributed by atoms with Crippen LogP contribution in [0.25, 0.3) is 0 Å². The molecule has 1 unspecified atom stereocenters. The number of alkyl halides is 6. The number of benzene rings is 1. The van der Waals surface area contributed by atoms with Gasteiger partial charge in [-0.15, -0.1) is 0 Å². The predicted octanol–water partition coefficient (Wildman–Crippen LogP) is 5.08. The Bertz CT molecular complexity index is 750. The van der Waals surface area contributed by atoms with Crippen LogP contribution in [0, 0.1) is 11.3 Å². The number of likely N-dealkylation sites (tertiary alicyclic amines) is 1. The van der Waals surface area contributed by atoms with Crippen LogP contribution in [0.4, 0.5) is 31.1 Å². The molecule has 2 saturated heterocycles. The Morgan fingerprint density at radius 2 is 1.67 bits per heavy atom. The van der Waals surface area contributed by atoms with Gasteiger partial charge in [-0.25, -0.2) is 4.79 Å². The summed E-state index contributed by atoms with van der Waals surface area (Å²) in [5.41, 5.74) is 1.71. The molecule has 1 aromatic carbocycles. The second-order valence-corrected chi connectivity index (χ2v) is 7.31. The lowest BCUT2D eigenvalue weighted by Gasteiger charge is -2.37. The van der Waals surface area contributed by atoms with Crippen LogP contribution in [-0.4, -0.2) is 53.7 Å². The maximum atomic E-state index is 11.0. The van der Waals surface area contributed by atoms with Crippen molar-refractivity contribution in [1.29, 1.82) is 5.26 Å². The number of hydrogen-bond acceptors (Lipinski definition) is 3. The molecule has 1 N–H and O–H groups in total. The van der Waals surface area contributed by atoms with Gasteiger partial charge < -0.3 is 14.7 Å². The van der Waals surface area contributed by atoms with Gasteiger partial charge in [-0.3, -0.25) is 0 Å². The van der Waals surface area contributed by atoms with E-state index in [9.17, 15) is 31.1 Å². The summed E-state index contributed by atoms with van der Waals surface area (Å²) in [7, 11) is 0.